The van der Waals surface area contributed by atoms with Gasteiger partial charge in [-0.3, -0.25) is 14.5 Å². The molecular formula is C27H30N2O16. The van der Waals surface area contributed by atoms with Gasteiger partial charge in [0.1, 0.15) is 73.4 Å². The van der Waals surface area contributed by atoms with E-state index >= 15 is 0 Å². The van der Waals surface area contributed by atoms with Crippen LogP contribution in [0.3, 0.4) is 0 Å². The molecule has 0 radical (unpaired) electrons. The maximum atomic E-state index is 12.0. The number of carboxylic acids is 4. The molecule has 8 unspecified atom stereocenters. The van der Waals surface area contributed by atoms with Gasteiger partial charge in [0, 0.05) is 24.5 Å². The Morgan fingerprint density at radius 2 is 1.76 bits per heavy atom. The molecule has 1 saturated heterocycles. The maximum absolute atomic E-state index is 12.0. The molecule has 1 aromatic carbocycles. The highest BCUT2D eigenvalue weighted by Crippen LogP contribution is 2.36. The molecule has 9 N–H and O–H groups in total. The van der Waals surface area contributed by atoms with Gasteiger partial charge in [0.2, 0.25) is 6.29 Å². The Kier molecular flexibility index (Phi) is 9.94. The van der Waals surface area contributed by atoms with E-state index in [1.165, 1.54) is 24.3 Å². The molecule has 0 amide bonds. The van der Waals surface area contributed by atoms with E-state index in [1.807, 2.05) is 0 Å². The topological polar surface area (TPSA) is 294 Å². The van der Waals surface area contributed by atoms with Crippen LogP contribution in [0.4, 0.5) is 5.69 Å². The zero-order valence-electron chi connectivity index (χ0n) is 23.2. The highest BCUT2D eigenvalue weighted by Gasteiger charge is 2.46. The standard InChI is InChI=1S/C27H30N2O16/c30-16-7-14-11(5-15(26(41)42)29(14)2-1-10-3-12(24(37)38)28-13(4-10)25(39)40)6-17(16)44-27-23(36)22(35)21(34)18(45-27)9-43-20(33)8-19(31)32/h1,3,6-7,13,15,18,21-23,27-28,30,34-36H,2,4-5,8-9H2,(H,31,32)(H,37,38)(H,39,40)(H,41,42). The van der Waals surface area contributed by atoms with Gasteiger partial charge in [0.15, 0.2) is 11.5 Å². The van der Waals surface area contributed by atoms with Gasteiger partial charge in [-0.25, -0.2) is 9.59 Å². The second-order valence-corrected chi connectivity index (χ2v) is 10.5. The molecule has 18 nitrogen and oxygen atoms in total. The predicted molar refractivity (Wildman–Crippen MR) is 140 cm³/mol. The molecule has 0 aromatic heterocycles. The van der Waals surface area contributed by atoms with E-state index in [0.29, 0.717) is 16.8 Å². The molecule has 4 rings (SSSR count). The molecule has 1 fully saturated rings. The van der Waals surface area contributed by atoms with Gasteiger partial charge in [0.05, 0.1) is 0 Å². The molecule has 3 heterocycles. The number of carbonyl (C=O) groups excluding carboxylic acids is 2. The Balaban J connectivity index is 1.54. The van der Waals surface area contributed by atoms with Crippen molar-refractivity contribution in [2.45, 2.75) is 62.1 Å². The number of hydrogen-bond donors (Lipinski definition) is 9. The number of aromatic hydroxyl groups is 1. The summed E-state index contributed by atoms with van der Waals surface area (Å²) in [7, 11) is 0. The minimum atomic E-state index is -1.87. The summed E-state index contributed by atoms with van der Waals surface area (Å²) < 4.78 is 15.7. The van der Waals surface area contributed by atoms with Gasteiger partial charge in [-0.15, -0.1) is 0 Å². The number of esters is 1. The van der Waals surface area contributed by atoms with Crippen molar-refractivity contribution in [1.82, 2.24) is 5.32 Å². The monoisotopic (exact) mass is 638 g/mol. The third-order valence-electron chi connectivity index (χ3n) is 7.49. The van der Waals surface area contributed by atoms with Crippen LogP contribution in [-0.4, -0.2) is 122 Å². The van der Waals surface area contributed by atoms with Crippen LogP contribution in [0, 0.1) is 0 Å². The normalized spacial score (nSPS) is 30.0. The van der Waals surface area contributed by atoms with Crippen molar-refractivity contribution in [3.63, 3.8) is 0 Å². The molecule has 45 heavy (non-hydrogen) atoms. The zero-order valence-corrected chi connectivity index (χ0v) is 23.2. The van der Waals surface area contributed by atoms with Crippen molar-refractivity contribution < 1.29 is 83.9 Å². The number of aliphatic hydroxyl groups is 3. The minimum Gasteiger partial charge on any atom is -0.544 e. The summed E-state index contributed by atoms with van der Waals surface area (Å²) >= 11 is 0. The van der Waals surface area contributed by atoms with Crippen molar-refractivity contribution in [3.8, 4) is 11.5 Å². The molecule has 0 spiro atoms. The first-order chi connectivity index (χ1) is 21.2. The molecule has 3 aliphatic rings. The van der Waals surface area contributed by atoms with E-state index in [9.17, 15) is 59.7 Å². The van der Waals surface area contributed by atoms with E-state index in [-0.39, 0.29) is 35.7 Å². The average Bonchev–Trinajstić information content (AvgIpc) is 3.32. The van der Waals surface area contributed by atoms with Gasteiger partial charge in [-0.2, -0.15) is 0 Å². The van der Waals surface area contributed by atoms with Crippen LogP contribution in [-0.2, 0) is 39.9 Å². The zero-order chi connectivity index (χ0) is 33.2. The number of phenolic OH excluding ortho intramolecular Hbond substituents is 1. The number of quaternary nitrogens is 1. The number of carboxylic acid groups (broad SMARTS) is 4. The number of aliphatic hydroxyl groups excluding tert-OH is 3. The molecule has 0 saturated carbocycles. The number of phenols is 1. The van der Waals surface area contributed by atoms with E-state index in [2.05, 4.69) is 5.32 Å². The average molecular weight is 639 g/mol. The Labute approximate surface area is 253 Å². The van der Waals surface area contributed by atoms with E-state index < -0.39 is 91.4 Å². The number of carbonyl (C=O) groups is 5. The van der Waals surface area contributed by atoms with Crippen molar-refractivity contribution in [2.24, 2.45) is 0 Å². The number of fused-ring (bicyclic) bond motifs is 1. The van der Waals surface area contributed by atoms with Crippen LogP contribution >= 0.6 is 0 Å². The Morgan fingerprint density at radius 3 is 2.38 bits per heavy atom. The Morgan fingerprint density at radius 1 is 1.04 bits per heavy atom. The molecule has 0 bridgehead atoms. The summed E-state index contributed by atoms with van der Waals surface area (Å²) in [5.41, 5.74) is 0.651. The van der Waals surface area contributed by atoms with E-state index in [0.717, 1.165) is 0 Å². The highest BCUT2D eigenvalue weighted by atomic mass is 16.7. The number of nitrogens with one attached hydrogen (secondary N) is 2. The lowest BCUT2D eigenvalue weighted by molar-refractivity contribution is -0.840. The fraction of sp³-hybridized carbons (Fsp3) is 0.444. The van der Waals surface area contributed by atoms with Gasteiger partial charge >= 0.3 is 23.9 Å². The molecule has 1 aromatic rings. The molecule has 244 valence electrons. The fourth-order valence-corrected chi connectivity index (χ4v) is 5.22. The SMILES string of the molecule is O=C(O)CC(=O)OCC1OC(Oc2cc3c(cc2O)[NH+](CC=C2C=C(C(=O)O)NC(C(=O)O)C2)C(C(=O)[O-])C3)C(O)C(O)C1O. The summed E-state index contributed by atoms with van der Waals surface area (Å²) in [5, 5.41) is 83.4. The first-order valence-electron chi connectivity index (χ1n) is 13.5. The fourth-order valence-electron chi connectivity index (χ4n) is 5.22. The maximum Gasteiger partial charge on any atom is 0.351 e. The second-order valence-electron chi connectivity index (χ2n) is 10.5. The summed E-state index contributed by atoms with van der Waals surface area (Å²) in [6.45, 7) is -0.770. The smallest absolute Gasteiger partial charge is 0.351 e. The van der Waals surface area contributed by atoms with E-state index in [1.54, 1.807) is 0 Å². The number of allylic oxidation sites excluding steroid dienone is 1. The van der Waals surface area contributed by atoms with Crippen LogP contribution in [0.1, 0.15) is 18.4 Å². The van der Waals surface area contributed by atoms with Crippen LogP contribution in [0.15, 0.2) is 35.6 Å². The minimum absolute atomic E-state index is 0.0623. The third-order valence-corrected chi connectivity index (χ3v) is 7.49. The first-order valence-corrected chi connectivity index (χ1v) is 13.5. The van der Waals surface area contributed by atoms with Crippen molar-refractivity contribution in [3.05, 3.63) is 41.1 Å². The van der Waals surface area contributed by atoms with Gasteiger partial charge in [-0.05, 0) is 23.8 Å². The van der Waals surface area contributed by atoms with Crippen LogP contribution in [0.25, 0.3) is 0 Å². The lowest BCUT2D eigenvalue weighted by atomic mass is 9.99. The Bertz CT molecular complexity index is 1440. The number of benzene rings is 1. The molecule has 18 heteroatoms. The molecule has 8 atom stereocenters. The highest BCUT2D eigenvalue weighted by molar-refractivity contribution is 5.90. The number of aliphatic carboxylic acids is 4. The van der Waals surface area contributed by atoms with Crippen LogP contribution < -0.4 is 20.1 Å². The number of hydrogen-bond acceptors (Lipinski definition) is 14. The molecular weight excluding hydrogens is 608 g/mol. The summed E-state index contributed by atoms with van der Waals surface area (Å²) in [4.78, 5) is 57.5. The van der Waals surface area contributed by atoms with Gasteiger partial charge in [0.25, 0.3) is 0 Å². The third kappa shape index (κ3) is 7.49. The summed E-state index contributed by atoms with van der Waals surface area (Å²) in [6, 6.07) is 0.0598. The number of ether oxygens (including phenoxy) is 3. The lowest BCUT2D eigenvalue weighted by Crippen LogP contribution is -3.11. The van der Waals surface area contributed by atoms with Gasteiger partial charge < -0.3 is 65.2 Å². The quantitative estimate of drug-likeness (QED) is 0.0811. The number of rotatable bonds is 11. The van der Waals surface area contributed by atoms with Crippen LogP contribution in [0.5, 0.6) is 11.5 Å². The predicted octanol–water partition coefficient (Wildman–Crippen LogP) is -4.87. The molecule has 3 aliphatic heterocycles. The van der Waals surface area contributed by atoms with Crippen molar-refractivity contribution in [1.29, 1.82) is 0 Å². The lowest BCUT2D eigenvalue weighted by Gasteiger charge is -2.39. The van der Waals surface area contributed by atoms with E-state index in [4.69, 9.17) is 19.3 Å². The Hall–Kier alpha value is -4.75. The van der Waals surface area contributed by atoms with Gasteiger partial charge in [-0.1, -0.05) is 0 Å². The summed E-state index contributed by atoms with van der Waals surface area (Å²) in [6.07, 6.45) is -7.15. The molecule has 0 aliphatic carbocycles. The van der Waals surface area contributed by atoms with Crippen LogP contribution in [0.2, 0.25) is 0 Å². The first kappa shape index (κ1) is 33.1. The van der Waals surface area contributed by atoms with Crippen molar-refractivity contribution in [2.75, 3.05) is 13.2 Å². The largest absolute Gasteiger partial charge is 0.544 e. The second kappa shape index (κ2) is 13.5. The van der Waals surface area contributed by atoms with Crippen molar-refractivity contribution >= 4 is 35.5 Å². The summed E-state index contributed by atoms with van der Waals surface area (Å²) in [5.74, 6) is -7.57.